The van der Waals surface area contributed by atoms with Gasteiger partial charge in [0.25, 0.3) is 0 Å². The van der Waals surface area contributed by atoms with Crippen LogP contribution in [-0.4, -0.2) is 16.2 Å². The monoisotopic (exact) mass is 424 g/mol. The fraction of sp³-hybridized carbons (Fsp3) is 0.118. The molecule has 2 aromatic carbocycles. The second-order valence-electron chi connectivity index (χ2n) is 5.31. The molecular weight excluding hydrogens is 411 g/mol. The minimum atomic E-state index is -0.419. The molecule has 0 saturated carbocycles. The van der Waals surface area contributed by atoms with E-state index in [0.29, 0.717) is 26.6 Å². The summed E-state index contributed by atoms with van der Waals surface area (Å²) in [7, 11) is 0. The summed E-state index contributed by atoms with van der Waals surface area (Å²) in [6.45, 7) is 2.06. The summed E-state index contributed by atoms with van der Waals surface area (Å²) in [5.41, 5.74) is 1.77. The van der Waals surface area contributed by atoms with Crippen molar-refractivity contribution in [1.82, 2.24) is 10.2 Å². The maximum atomic E-state index is 12.0. The topological polar surface area (TPSA) is 66.9 Å². The van der Waals surface area contributed by atoms with Gasteiger partial charge in [-0.05, 0) is 37.3 Å². The highest BCUT2D eigenvalue weighted by Gasteiger charge is 2.09. The zero-order chi connectivity index (χ0) is 18.5. The predicted molar refractivity (Wildman–Crippen MR) is 110 cm³/mol. The number of urea groups is 1. The number of amides is 2. The lowest BCUT2D eigenvalue weighted by Crippen LogP contribution is -2.19. The zero-order valence-electron chi connectivity index (χ0n) is 13.6. The molecule has 1 aromatic heterocycles. The highest BCUT2D eigenvalue weighted by molar-refractivity contribution is 7.98. The molecule has 1 heterocycles. The lowest BCUT2D eigenvalue weighted by Gasteiger charge is -2.06. The van der Waals surface area contributed by atoms with Crippen molar-refractivity contribution in [1.29, 1.82) is 0 Å². The molecule has 0 saturated heterocycles. The minimum Gasteiger partial charge on any atom is -0.308 e. The first kappa shape index (κ1) is 19.0. The Morgan fingerprint density at radius 3 is 2.58 bits per heavy atom. The van der Waals surface area contributed by atoms with Gasteiger partial charge < -0.3 is 5.32 Å². The first-order chi connectivity index (χ1) is 12.5. The first-order valence-electron chi connectivity index (χ1n) is 7.54. The quantitative estimate of drug-likeness (QED) is 0.486. The molecule has 2 amide bonds. The number of thioether (sulfide) groups is 1. The van der Waals surface area contributed by atoms with E-state index in [2.05, 4.69) is 52.0 Å². The number of aromatic nitrogens is 2. The predicted octanol–water partition coefficient (Wildman–Crippen LogP) is 6.09. The van der Waals surface area contributed by atoms with Gasteiger partial charge in [-0.3, -0.25) is 5.32 Å². The SMILES string of the molecule is Cc1ccc(SCc2nnc(NC(=O)Nc3ccc(Cl)c(Cl)c3)s2)cc1. The smallest absolute Gasteiger partial charge is 0.308 e. The van der Waals surface area contributed by atoms with Crippen LogP contribution in [0.25, 0.3) is 0 Å². The number of nitrogens with one attached hydrogen (secondary N) is 2. The van der Waals surface area contributed by atoms with Crippen LogP contribution in [0.5, 0.6) is 0 Å². The molecule has 0 radical (unpaired) electrons. The van der Waals surface area contributed by atoms with Crippen molar-refractivity contribution in [3.05, 3.63) is 63.1 Å². The average Bonchev–Trinajstić information content (AvgIpc) is 3.05. The van der Waals surface area contributed by atoms with Gasteiger partial charge in [-0.2, -0.15) is 0 Å². The Kier molecular flexibility index (Phi) is 6.37. The number of carbonyl (C=O) groups excluding carboxylic acids is 1. The van der Waals surface area contributed by atoms with Gasteiger partial charge in [-0.25, -0.2) is 4.79 Å². The number of benzene rings is 2. The van der Waals surface area contributed by atoms with E-state index in [0.717, 1.165) is 9.90 Å². The van der Waals surface area contributed by atoms with Crippen molar-refractivity contribution in [2.45, 2.75) is 17.6 Å². The number of aryl methyl sites for hydroxylation is 1. The van der Waals surface area contributed by atoms with E-state index in [4.69, 9.17) is 23.2 Å². The van der Waals surface area contributed by atoms with Gasteiger partial charge in [-0.1, -0.05) is 52.2 Å². The fourth-order valence-corrected chi connectivity index (χ4v) is 3.89. The molecule has 0 bridgehead atoms. The summed E-state index contributed by atoms with van der Waals surface area (Å²) >= 11 is 14.8. The lowest BCUT2D eigenvalue weighted by molar-refractivity contribution is 0.262. The Labute approximate surface area is 169 Å². The largest absolute Gasteiger partial charge is 0.325 e. The van der Waals surface area contributed by atoms with Crippen LogP contribution in [-0.2, 0) is 5.75 Å². The maximum Gasteiger partial charge on any atom is 0.325 e. The van der Waals surface area contributed by atoms with Crippen molar-refractivity contribution < 1.29 is 4.79 Å². The van der Waals surface area contributed by atoms with Crippen molar-refractivity contribution in [2.24, 2.45) is 0 Å². The summed E-state index contributed by atoms with van der Waals surface area (Å²) in [6, 6.07) is 12.7. The lowest BCUT2D eigenvalue weighted by atomic mass is 10.2. The van der Waals surface area contributed by atoms with Crippen LogP contribution in [0.4, 0.5) is 15.6 Å². The zero-order valence-corrected chi connectivity index (χ0v) is 16.8. The number of hydrogen-bond acceptors (Lipinski definition) is 5. The Hall–Kier alpha value is -1.80. The molecule has 3 aromatic rings. The van der Waals surface area contributed by atoms with Crippen LogP contribution in [0.15, 0.2) is 47.4 Å². The van der Waals surface area contributed by atoms with Crippen molar-refractivity contribution in [2.75, 3.05) is 10.6 Å². The molecule has 0 aliphatic carbocycles. The van der Waals surface area contributed by atoms with Crippen molar-refractivity contribution >= 4 is 63.2 Å². The van der Waals surface area contributed by atoms with Gasteiger partial charge in [0.15, 0.2) is 0 Å². The van der Waals surface area contributed by atoms with Crippen LogP contribution in [0.1, 0.15) is 10.6 Å². The van der Waals surface area contributed by atoms with Gasteiger partial charge in [-0.15, -0.1) is 22.0 Å². The number of rotatable bonds is 5. The molecular formula is C17H14Cl2N4OS2. The van der Waals surface area contributed by atoms with Crippen LogP contribution < -0.4 is 10.6 Å². The molecule has 0 unspecified atom stereocenters. The Bertz CT molecular complexity index is 915. The maximum absolute atomic E-state index is 12.0. The van der Waals surface area contributed by atoms with Crippen LogP contribution in [0, 0.1) is 6.92 Å². The van der Waals surface area contributed by atoms with Crippen LogP contribution in [0.3, 0.4) is 0 Å². The Morgan fingerprint density at radius 2 is 1.85 bits per heavy atom. The van der Waals surface area contributed by atoms with Gasteiger partial charge in [0, 0.05) is 10.6 Å². The average molecular weight is 425 g/mol. The number of carbonyl (C=O) groups is 1. The summed E-state index contributed by atoms with van der Waals surface area (Å²) in [5, 5.41) is 15.5. The third-order valence-corrected chi connectivity index (χ3v) is 6.03. The summed E-state index contributed by atoms with van der Waals surface area (Å²) < 4.78 is 0. The Morgan fingerprint density at radius 1 is 1.08 bits per heavy atom. The fourth-order valence-electron chi connectivity index (χ4n) is 1.98. The molecule has 134 valence electrons. The second kappa shape index (κ2) is 8.73. The van der Waals surface area contributed by atoms with Crippen molar-refractivity contribution in [3.8, 4) is 0 Å². The molecule has 2 N–H and O–H groups in total. The number of hydrogen-bond donors (Lipinski definition) is 2. The van der Waals surface area contributed by atoms with E-state index >= 15 is 0 Å². The standard InChI is InChI=1S/C17H14Cl2N4OS2/c1-10-2-5-12(6-3-10)25-9-15-22-23-17(26-15)21-16(24)20-11-4-7-13(18)14(19)8-11/h2-8H,9H2,1H3,(H2,20,21,23,24). The molecule has 0 atom stereocenters. The van der Waals surface area contributed by atoms with Gasteiger partial charge in [0.05, 0.1) is 15.8 Å². The molecule has 3 rings (SSSR count). The van der Waals surface area contributed by atoms with E-state index in [1.165, 1.54) is 16.9 Å². The second-order valence-corrected chi connectivity index (χ2v) is 8.24. The van der Waals surface area contributed by atoms with Gasteiger partial charge in [0.2, 0.25) is 5.13 Å². The normalized spacial score (nSPS) is 10.6. The third-order valence-electron chi connectivity index (χ3n) is 3.25. The van der Waals surface area contributed by atoms with E-state index in [-0.39, 0.29) is 0 Å². The summed E-state index contributed by atoms with van der Waals surface area (Å²) in [6.07, 6.45) is 0. The van der Waals surface area contributed by atoms with E-state index in [1.54, 1.807) is 30.0 Å². The molecule has 5 nitrogen and oxygen atoms in total. The Balaban J connectivity index is 1.53. The highest BCUT2D eigenvalue weighted by atomic mass is 35.5. The van der Waals surface area contributed by atoms with Gasteiger partial charge in [0.1, 0.15) is 5.01 Å². The van der Waals surface area contributed by atoms with E-state index < -0.39 is 6.03 Å². The highest BCUT2D eigenvalue weighted by Crippen LogP contribution is 2.27. The van der Waals surface area contributed by atoms with Gasteiger partial charge >= 0.3 is 6.03 Å². The van der Waals surface area contributed by atoms with Crippen LogP contribution in [0.2, 0.25) is 10.0 Å². The number of nitrogens with zero attached hydrogens (tertiary/aromatic N) is 2. The van der Waals surface area contributed by atoms with E-state index in [9.17, 15) is 4.79 Å². The summed E-state index contributed by atoms with van der Waals surface area (Å²) in [4.78, 5) is 13.2. The molecule has 0 aliphatic rings. The van der Waals surface area contributed by atoms with Crippen molar-refractivity contribution in [3.63, 3.8) is 0 Å². The molecule has 0 spiro atoms. The number of halogens is 2. The molecule has 0 aliphatic heterocycles. The van der Waals surface area contributed by atoms with E-state index in [1.807, 2.05) is 0 Å². The molecule has 0 fully saturated rings. The number of anilines is 2. The first-order valence-corrected chi connectivity index (χ1v) is 10.1. The molecule has 26 heavy (non-hydrogen) atoms. The molecule has 9 heteroatoms. The van der Waals surface area contributed by atoms with Crippen LogP contribution >= 0.6 is 46.3 Å². The summed E-state index contributed by atoms with van der Waals surface area (Å²) in [5.74, 6) is 0.691. The third kappa shape index (κ3) is 5.35. The minimum absolute atomic E-state index is 0.371.